The van der Waals surface area contributed by atoms with Crippen molar-refractivity contribution in [2.75, 3.05) is 33.4 Å². The van der Waals surface area contributed by atoms with Crippen LogP contribution in [0.25, 0.3) is 0 Å². The van der Waals surface area contributed by atoms with Crippen molar-refractivity contribution in [2.45, 2.75) is 19.8 Å². The first-order chi connectivity index (χ1) is 8.86. The predicted molar refractivity (Wildman–Crippen MR) is 75.1 cm³/mol. The molecular weight excluding hydrogens is 226 g/mol. The molecule has 0 saturated heterocycles. The Morgan fingerprint density at radius 3 is 2.61 bits per heavy atom. The molecule has 3 heteroatoms. The van der Waals surface area contributed by atoms with Gasteiger partial charge in [-0.3, -0.25) is 0 Å². The quantitative estimate of drug-likeness (QED) is 0.649. The molecule has 0 aliphatic heterocycles. The molecule has 18 heavy (non-hydrogen) atoms. The average Bonchev–Trinajstić information content (AvgIpc) is 2.42. The zero-order chi connectivity index (χ0) is 13.1. The van der Waals surface area contributed by atoms with Crippen LogP contribution in [0.15, 0.2) is 30.3 Å². The molecule has 1 N–H and O–H groups in total. The summed E-state index contributed by atoms with van der Waals surface area (Å²) >= 11 is 0. The molecule has 0 heterocycles. The number of hydrogen-bond acceptors (Lipinski definition) is 3. The lowest BCUT2D eigenvalue weighted by Gasteiger charge is -2.16. The Hall–Kier alpha value is -1.06. The van der Waals surface area contributed by atoms with E-state index in [4.69, 9.17) is 9.47 Å². The number of benzene rings is 1. The van der Waals surface area contributed by atoms with E-state index in [0.717, 1.165) is 38.5 Å². The number of para-hydroxylation sites is 1. The molecule has 1 aromatic carbocycles. The van der Waals surface area contributed by atoms with Gasteiger partial charge in [0.05, 0.1) is 13.2 Å². The normalized spacial score (nSPS) is 12.3. The lowest BCUT2D eigenvalue weighted by atomic mass is 10.0. The van der Waals surface area contributed by atoms with Gasteiger partial charge in [0.2, 0.25) is 0 Å². The average molecular weight is 251 g/mol. The van der Waals surface area contributed by atoms with Crippen LogP contribution in [0.5, 0.6) is 5.75 Å². The van der Waals surface area contributed by atoms with E-state index in [1.165, 1.54) is 6.42 Å². The fourth-order valence-electron chi connectivity index (χ4n) is 1.79. The third-order valence-corrected chi connectivity index (χ3v) is 3.03. The van der Waals surface area contributed by atoms with Crippen molar-refractivity contribution in [3.05, 3.63) is 30.3 Å². The lowest BCUT2D eigenvalue weighted by molar-refractivity contribution is 0.196. The molecule has 1 rings (SSSR count). The molecule has 1 atom stereocenters. The van der Waals surface area contributed by atoms with Crippen LogP contribution in [0.1, 0.15) is 19.8 Å². The van der Waals surface area contributed by atoms with Gasteiger partial charge in [0.1, 0.15) is 5.75 Å². The van der Waals surface area contributed by atoms with Crippen molar-refractivity contribution in [3.63, 3.8) is 0 Å². The molecule has 0 spiro atoms. The Kier molecular flexibility index (Phi) is 8.26. The fraction of sp³-hybridized carbons (Fsp3) is 0.600. The van der Waals surface area contributed by atoms with Gasteiger partial charge in [0.15, 0.2) is 0 Å². The Balaban J connectivity index is 2.11. The molecule has 102 valence electrons. The van der Waals surface area contributed by atoms with Gasteiger partial charge in [-0.15, -0.1) is 0 Å². The second kappa shape index (κ2) is 9.92. The third-order valence-electron chi connectivity index (χ3n) is 3.03. The molecule has 0 radical (unpaired) electrons. The highest BCUT2D eigenvalue weighted by atomic mass is 16.5. The first kappa shape index (κ1) is 15.0. The van der Waals surface area contributed by atoms with Crippen LogP contribution in [0.4, 0.5) is 0 Å². The van der Waals surface area contributed by atoms with E-state index in [0.29, 0.717) is 5.92 Å². The van der Waals surface area contributed by atoms with Crippen LogP contribution in [0.2, 0.25) is 0 Å². The number of rotatable bonds is 10. The molecule has 1 unspecified atom stereocenters. The summed E-state index contributed by atoms with van der Waals surface area (Å²) < 4.78 is 10.7. The van der Waals surface area contributed by atoms with Gasteiger partial charge in [0, 0.05) is 13.7 Å². The van der Waals surface area contributed by atoms with Gasteiger partial charge in [-0.05, 0) is 31.0 Å². The largest absolute Gasteiger partial charge is 0.494 e. The van der Waals surface area contributed by atoms with E-state index < -0.39 is 0 Å². The van der Waals surface area contributed by atoms with Crippen molar-refractivity contribution in [2.24, 2.45) is 5.92 Å². The molecule has 0 fully saturated rings. The molecule has 0 amide bonds. The first-order valence-corrected chi connectivity index (χ1v) is 6.74. The molecule has 0 aliphatic rings. The molecule has 3 nitrogen and oxygen atoms in total. The second-order valence-electron chi connectivity index (χ2n) is 4.42. The summed E-state index contributed by atoms with van der Waals surface area (Å²) in [6, 6.07) is 9.99. The highest BCUT2D eigenvalue weighted by Crippen LogP contribution is 2.11. The van der Waals surface area contributed by atoms with Crippen LogP contribution in [0, 0.1) is 5.92 Å². The minimum atomic E-state index is 0.672. The Labute approximate surface area is 110 Å². The Morgan fingerprint density at radius 2 is 1.94 bits per heavy atom. The van der Waals surface area contributed by atoms with Gasteiger partial charge in [-0.2, -0.15) is 0 Å². The van der Waals surface area contributed by atoms with E-state index in [2.05, 4.69) is 12.2 Å². The number of hydrogen-bond donors (Lipinski definition) is 1. The minimum Gasteiger partial charge on any atom is -0.494 e. The van der Waals surface area contributed by atoms with Gasteiger partial charge in [-0.25, -0.2) is 0 Å². The smallest absolute Gasteiger partial charge is 0.119 e. The summed E-state index contributed by atoms with van der Waals surface area (Å²) in [6.07, 6.45) is 2.27. The van der Waals surface area contributed by atoms with Gasteiger partial charge in [-0.1, -0.05) is 31.5 Å². The monoisotopic (exact) mass is 251 g/mol. The van der Waals surface area contributed by atoms with E-state index in [-0.39, 0.29) is 0 Å². The SMILES string of the molecule is CCC(CCOc1ccccc1)CNCCOC. The van der Waals surface area contributed by atoms with Crippen LogP contribution in [-0.2, 0) is 4.74 Å². The van der Waals surface area contributed by atoms with Crippen molar-refractivity contribution < 1.29 is 9.47 Å². The summed E-state index contributed by atoms with van der Waals surface area (Å²) in [5.41, 5.74) is 0. The lowest BCUT2D eigenvalue weighted by Crippen LogP contribution is -2.26. The highest BCUT2D eigenvalue weighted by molar-refractivity contribution is 5.20. The van der Waals surface area contributed by atoms with E-state index >= 15 is 0 Å². The van der Waals surface area contributed by atoms with Gasteiger partial charge >= 0.3 is 0 Å². The fourth-order valence-corrected chi connectivity index (χ4v) is 1.79. The Morgan fingerprint density at radius 1 is 1.17 bits per heavy atom. The van der Waals surface area contributed by atoms with Crippen molar-refractivity contribution >= 4 is 0 Å². The van der Waals surface area contributed by atoms with Crippen molar-refractivity contribution in [1.29, 1.82) is 0 Å². The van der Waals surface area contributed by atoms with E-state index in [1.54, 1.807) is 7.11 Å². The summed E-state index contributed by atoms with van der Waals surface area (Å²) in [6.45, 7) is 5.75. The van der Waals surface area contributed by atoms with E-state index in [1.807, 2.05) is 30.3 Å². The Bertz CT molecular complexity index is 290. The molecule has 0 bridgehead atoms. The van der Waals surface area contributed by atoms with Crippen LogP contribution >= 0.6 is 0 Å². The number of ether oxygens (including phenoxy) is 2. The predicted octanol–water partition coefficient (Wildman–Crippen LogP) is 2.72. The molecular formula is C15H25NO2. The van der Waals surface area contributed by atoms with Crippen molar-refractivity contribution in [1.82, 2.24) is 5.32 Å². The maximum absolute atomic E-state index is 5.71. The summed E-state index contributed by atoms with van der Waals surface area (Å²) in [4.78, 5) is 0. The molecule has 0 saturated carbocycles. The summed E-state index contributed by atoms with van der Waals surface area (Å²) in [7, 11) is 1.73. The molecule has 1 aromatic rings. The summed E-state index contributed by atoms with van der Waals surface area (Å²) in [5, 5.41) is 3.41. The maximum Gasteiger partial charge on any atom is 0.119 e. The van der Waals surface area contributed by atoms with Crippen molar-refractivity contribution in [3.8, 4) is 5.75 Å². The maximum atomic E-state index is 5.71. The zero-order valence-corrected chi connectivity index (χ0v) is 11.5. The van der Waals surface area contributed by atoms with Crippen LogP contribution in [0.3, 0.4) is 0 Å². The molecule has 0 aliphatic carbocycles. The third kappa shape index (κ3) is 6.62. The number of nitrogens with one attached hydrogen (secondary N) is 1. The highest BCUT2D eigenvalue weighted by Gasteiger charge is 2.06. The summed E-state index contributed by atoms with van der Waals surface area (Å²) in [5.74, 6) is 1.63. The standard InChI is InChI=1S/C15H25NO2/c1-3-14(13-16-10-12-17-2)9-11-18-15-7-5-4-6-8-15/h4-8,14,16H,3,9-13H2,1-2H3. The van der Waals surface area contributed by atoms with Crippen LogP contribution < -0.4 is 10.1 Å². The minimum absolute atomic E-state index is 0.672. The van der Waals surface area contributed by atoms with Crippen LogP contribution in [-0.4, -0.2) is 33.4 Å². The zero-order valence-electron chi connectivity index (χ0n) is 11.5. The topological polar surface area (TPSA) is 30.5 Å². The van der Waals surface area contributed by atoms with Gasteiger partial charge in [0.25, 0.3) is 0 Å². The molecule has 0 aromatic heterocycles. The second-order valence-corrected chi connectivity index (χ2v) is 4.42. The van der Waals surface area contributed by atoms with Gasteiger partial charge < -0.3 is 14.8 Å². The number of methoxy groups -OCH3 is 1. The van der Waals surface area contributed by atoms with E-state index in [9.17, 15) is 0 Å². The first-order valence-electron chi connectivity index (χ1n) is 6.74.